The van der Waals surface area contributed by atoms with E-state index >= 15 is 0 Å². The lowest BCUT2D eigenvalue weighted by molar-refractivity contribution is 0.683. The number of aromatic nitrogens is 5. The van der Waals surface area contributed by atoms with E-state index in [4.69, 9.17) is 0 Å². The van der Waals surface area contributed by atoms with Crippen molar-refractivity contribution in [2.45, 2.75) is 19.9 Å². The summed E-state index contributed by atoms with van der Waals surface area (Å²) in [6.45, 7) is 3.05. The van der Waals surface area contributed by atoms with Gasteiger partial charge in [0.25, 0.3) is 0 Å². The van der Waals surface area contributed by atoms with Crippen molar-refractivity contribution in [3.05, 3.63) is 36.9 Å². The summed E-state index contributed by atoms with van der Waals surface area (Å²) in [7, 11) is 0. The van der Waals surface area contributed by atoms with Crippen molar-refractivity contribution in [2.24, 2.45) is 0 Å². The van der Waals surface area contributed by atoms with Crippen LogP contribution in [0.25, 0.3) is 22.4 Å². The van der Waals surface area contributed by atoms with E-state index in [2.05, 4.69) is 31.7 Å². The first-order valence-corrected chi connectivity index (χ1v) is 5.97. The van der Waals surface area contributed by atoms with Crippen LogP contribution in [0.15, 0.2) is 36.9 Å². The van der Waals surface area contributed by atoms with E-state index < -0.39 is 0 Å². The first-order chi connectivity index (χ1) is 8.88. The Kier molecular flexibility index (Phi) is 2.72. The molecule has 5 nitrogen and oxygen atoms in total. The van der Waals surface area contributed by atoms with Gasteiger partial charge in [-0.15, -0.1) is 10.2 Å². The molecule has 0 bridgehead atoms. The highest BCUT2D eigenvalue weighted by molar-refractivity contribution is 5.79. The first kappa shape index (κ1) is 10.8. The molecule has 0 saturated carbocycles. The fraction of sp³-hybridized carbons (Fsp3) is 0.231. The van der Waals surface area contributed by atoms with Crippen molar-refractivity contribution in [1.82, 2.24) is 24.7 Å². The molecule has 0 unspecified atom stereocenters. The molecule has 0 radical (unpaired) electrons. The summed E-state index contributed by atoms with van der Waals surface area (Å²) in [5.41, 5.74) is 2.79. The Morgan fingerprint density at radius 1 is 1.11 bits per heavy atom. The minimum Gasteiger partial charge on any atom is -0.314 e. The van der Waals surface area contributed by atoms with Crippen molar-refractivity contribution in [3.63, 3.8) is 0 Å². The molecule has 1 aromatic carbocycles. The molecule has 0 aliphatic heterocycles. The van der Waals surface area contributed by atoms with Gasteiger partial charge in [0.2, 0.25) is 0 Å². The zero-order valence-corrected chi connectivity index (χ0v) is 10.1. The van der Waals surface area contributed by atoms with Gasteiger partial charge in [-0.3, -0.25) is 9.97 Å². The van der Waals surface area contributed by atoms with Crippen LogP contribution in [0.4, 0.5) is 0 Å². The van der Waals surface area contributed by atoms with Crippen molar-refractivity contribution in [3.8, 4) is 11.4 Å². The number of aryl methyl sites for hydroxylation is 1. The zero-order valence-electron chi connectivity index (χ0n) is 10.1. The third-order valence-corrected chi connectivity index (χ3v) is 2.81. The fourth-order valence-electron chi connectivity index (χ4n) is 1.99. The van der Waals surface area contributed by atoms with Crippen LogP contribution in [0.2, 0.25) is 0 Å². The highest BCUT2D eigenvalue weighted by Gasteiger charge is 2.07. The standard InChI is InChI=1S/C13H13N5/c1-2-7-18-9-16-17-13(18)10-3-4-11-12(8-10)15-6-5-14-11/h3-6,8-9H,2,7H2,1H3. The average molecular weight is 239 g/mol. The van der Waals surface area contributed by atoms with E-state index in [0.29, 0.717) is 0 Å². The summed E-state index contributed by atoms with van der Waals surface area (Å²) in [5.74, 6) is 0.879. The summed E-state index contributed by atoms with van der Waals surface area (Å²) < 4.78 is 2.05. The second-order valence-corrected chi connectivity index (χ2v) is 4.11. The minimum absolute atomic E-state index is 0.876. The molecule has 0 N–H and O–H groups in total. The van der Waals surface area contributed by atoms with Gasteiger partial charge >= 0.3 is 0 Å². The summed E-state index contributed by atoms with van der Waals surface area (Å²) in [6, 6.07) is 5.97. The molecule has 2 aromatic heterocycles. The van der Waals surface area contributed by atoms with E-state index in [-0.39, 0.29) is 0 Å². The number of hydrogen-bond donors (Lipinski definition) is 0. The lowest BCUT2D eigenvalue weighted by Gasteiger charge is -2.05. The van der Waals surface area contributed by atoms with Crippen LogP contribution in [-0.4, -0.2) is 24.7 Å². The summed E-state index contributed by atoms with van der Waals surface area (Å²) in [5, 5.41) is 8.15. The Bertz CT molecular complexity index is 674. The largest absolute Gasteiger partial charge is 0.314 e. The van der Waals surface area contributed by atoms with E-state index in [9.17, 15) is 0 Å². The SMILES string of the molecule is CCCn1cnnc1-c1ccc2nccnc2c1. The number of benzene rings is 1. The number of rotatable bonds is 3. The van der Waals surface area contributed by atoms with Crippen LogP contribution in [0.3, 0.4) is 0 Å². The van der Waals surface area contributed by atoms with E-state index in [1.807, 2.05) is 18.2 Å². The van der Waals surface area contributed by atoms with E-state index in [1.165, 1.54) is 0 Å². The van der Waals surface area contributed by atoms with E-state index in [0.717, 1.165) is 35.4 Å². The predicted octanol–water partition coefficient (Wildman–Crippen LogP) is 2.30. The Hall–Kier alpha value is -2.30. The van der Waals surface area contributed by atoms with Gasteiger partial charge in [-0.2, -0.15) is 0 Å². The third-order valence-electron chi connectivity index (χ3n) is 2.81. The monoisotopic (exact) mass is 239 g/mol. The van der Waals surface area contributed by atoms with E-state index in [1.54, 1.807) is 18.7 Å². The Morgan fingerprint density at radius 2 is 1.94 bits per heavy atom. The normalized spacial score (nSPS) is 10.9. The number of hydrogen-bond acceptors (Lipinski definition) is 4. The molecule has 0 amide bonds. The predicted molar refractivity (Wildman–Crippen MR) is 68.8 cm³/mol. The minimum atomic E-state index is 0.876. The Morgan fingerprint density at radius 3 is 2.78 bits per heavy atom. The van der Waals surface area contributed by atoms with Crippen LogP contribution in [0.1, 0.15) is 13.3 Å². The Labute approximate surface area is 105 Å². The highest BCUT2D eigenvalue weighted by Crippen LogP contribution is 2.20. The smallest absolute Gasteiger partial charge is 0.163 e. The van der Waals surface area contributed by atoms with Gasteiger partial charge in [0.1, 0.15) is 6.33 Å². The summed E-state index contributed by atoms with van der Waals surface area (Å²) in [4.78, 5) is 8.56. The van der Waals surface area contributed by atoms with Crippen LogP contribution in [-0.2, 0) is 6.54 Å². The van der Waals surface area contributed by atoms with Gasteiger partial charge in [0.05, 0.1) is 11.0 Å². The molecular weight excluding hydrogens is 226 g/mol. The molecule has 0 fully saturated rings. The number of fused-ring (bicyclic) bond motifs is 1. The van der Waals surface area contributed by atoms with Gasteiger partial charge in [-0.25, -0.2) is 0 Å². The third kappa shape index (κ3) is 1.84. The van der Waals surface area contributed by atoms with Crippen molar-refractivity contribution >= 4 is 11.0 Å². The van der Waals surface area contributed by atoms with Gasteiger partial charge in [-0.1, -0.05) is 6.92 Å². The molecule has 0 aliphatic carbocycles. The van der Waals surface area contributed by atoms with Crippen LogP contribution in [0.5, 0.6) is 0 Å². The first-order valence-electron chi connectivity index (χ1n) is 5.97. The molecule has 3 aromatic rings. The quantitative estimate of drug-likeness (QED) is 0.703. The maximum Gasteiger partial charge on any atom is 0.163 e. The second kappa shape index (κ2) is 4.52. The van der Waals surface area contributed by atoms with Gasteiger partial charge in [0, 0.05) is 24.5 Å². The van der Waals surface area contributed by atoms with Crippen molar-refractivity contribution < 1.29 is 0 Å². The zero-order chi connectivity index (χ0) is 12.4. The number of nitrogens with zero attached hydrogens (tertiary/aromatic N) is 5. The van der Waals surface area contributed by atoms with Crippen molar-refractivity contribution in [1.29, 1.82) is 0 Å². The molecule has 0 saturated heterocycles. The lowest BCUT2D eigenvalue weighted by atomic mass is 10.2. The topological polar surface area (TPSA) is 56.5 Å². The molecule has 0 atom stereocenters. The fourth-order valence-corrected chi connectivity index (χ4v) is 1.99. The molecular formula is C13H13N5. The highest BCUT2D eigenvalue weighted by atomic mass is 15.3. The maximum absolute atomic E-state index is 4.31. The molecule has 5 heteroatoms. The maximum atomic E-state index is 4.31. The molecule has 3 rings (SSSR count). The second-order valence-electron chi connectivity index (χ2n) is 4.11. The average Bonchev–Trinajstić information content (AvgIpc) is 2.87. The van der Waals surface area contributed by atoms with Crippen molar-refractivity contribution in [2.75, 3.05) is 0 Å². The van der Waals surface area contributed by atoms with Gasteiger partial charge < -0.3 is 4.57 Å². The summed E-state index contributed by atoms with van der Waals surface area (Å²) in [6.07, 6.45) is 6.21. The molecule has 18 heavy (non-hydrogen) atoms. The summed E-state index contributed by atoms with van der Waals surface area (Å²) >= 11 is 0. The Balaban J connectivity index is 2.10. The lowest BCUT2D eigenvalue weighted by Crippen LogP contribution is -1.98. The van der Waals surface area contributed by atoms with Crippen LogP contribution in [0, 0.1) is 0 Å². The molecule has 0 aliphatic rings. The molecule has 0 spiro atoms. The molecule has 90 valence electrons. The molecule has 2 heterocycles. The van der Waals surface area contributed by atoms with Gasteiger partial charge in [-0.05, 0) is 24.6 Å². The van der Waals surface area contributed by atoms with Crippen LogP contribution < -0.4 is 0 Å². The van der Waals surface area contributed by atoms with Gasteiger partial charge in [0.15, 0.2) is 5.82 Å². The van der Waals surface area contributed by atoms with Crippen LogP contribution >= 0.6 is 0 Å².